The second-order valence-corrected chi connectivity index (χ2v) is 4.87. The van der Waals surface area contributed by atoms with E-state index in [1.165, 1.54) is 0 Å². The van der Waals surface area contributed by atoms with Gasteiger partial charge in [-0.15, -0.1) is 0 Å². The molecule has 0 aromatic heterocycles. The summed E-state index contributed by atoms with van der Waals surface area (Å²) in [6, 6.07) is 14.0. The zero-order valence-corrected chi connectivity index (χ0v) is 11.9. The van der Waals surface area contributed by atoms with Crippen LogP contribution in [0.1, 0.15) is 6.42 Å². The summed E-state index contributed by atoms with van der Waals surface area (Å²) in [4.78, 5) is 13.8. The number of benzene rings is 2. The predicted octanol–water partition coefficient (Wildman–Crippen LogP) is 2.44. The number of phenolic OH excluding ortho intramolecular Hbond substituents is 1. The van der Waals surface area contributed by atoms with Gasteiger partial charge in [-0.1, -0.05) is 12.1 Å². The molecule has 2 aromatic carbocycles. The van der Waals surface area contributed by atoms with Crippen LogP contribution in [0.15, 0.2) is 48.5 Å². The largest absolute Gasteiger partial charge is 0.508 e. The highest BCUT2D eigenvalue weighted by Gasteiger charge is 2.06. The molecule has 0 radical (unpaired) electrons. The number of nitrogen functional groups attached to an aromatic ring is 1. The zero-order valence-electron chi connectivity index (χ0n) is 11.9. The fraction of sp³-hybridized carbons (Fsp3) is 0.188. The molecule has 0 spiro atoms. The summed E-state index contributed by atoms with van der Waals surface area (Å²) in [6.45, 7) is 0.553. The summed E-state index contributed by atoms with van der Waals surface area (Å²) in [5.41, 5.74) is 7.84. The standard InChI is InChI=1S/C16H19N3O2/c1-19(14-6-3-7-15(20)11-14)9-8-16(21)18-13-5-2-4-12(17)10-13/h2-7,10-11,20H,8-9,17H2,1H3,(H,18,21). The molecule has 1 amide bonds. The van der Waals surface area contributed by atoms with E-state index in [9.17, 15) is 9.90 Å². The van der Waals surface area contributed by atoms with E-state index in [2.05, 4.69) is 5.32 Å². The Bertz CT molecular complexity index is 628. The van der Waals surface area contributed by atoms with Crippen molar-refractivity contribution in [2.75, 3.05) is 29.5 Å². The molecular formula is C16H19N3O2. The number of hydrogen-bond acceptors (Lipinski definition) is 4. The molecule has 0 saturated heterocycles. The van der Waals surface area contributed by atoms with Gasteiger partial charge >= 0.3 is 0 Å². The van der Waals surface area contributed by atoms with Crippen LogP contribution < -0.4 is 16.0 Å². The van der Waals surface area contributed by atoms with Gasteiger partial charge < -0.3 is 21.1 Å². The maximum Gasteiger partial charge on any atom is 0.226 e. The molecule has 2 aromatic rings. The molecule has 0 fully saturated rings. The van der Waals surface area contributed by atoms with Gasteiger partial charge in [0.25, 0.3) is 0 Å². The molecular weight excluding hydrogens is 266 g/mol. The fourth-order valence-corrected chi connectivity index (χ4v) is 1.97. The number of nitrogens with one attached hydrogen (secondary N) is 1. The number of amides is 1. The number of nitrogens with zero attached hydrogens (tertiary/aromatic N) is 1. The molecule has 0 heterocycles. The predicted molar refractivity (Wildman–Crippen MR) is 85.5 cm³/mol. The quantitative estimate of drug-likeness (QED) is 0.737. The summed E-state index contributed by atoms with van der Waals surface area (Å²) in [5, 5.41) is 12.2. The van der Waals surface area contributed by atoms with Crippen LogP contribution in [0, 0.1) is 0 Å². The summed E-state index contributed by atoms with van der Waals surface area (Å²) in [7, 11) is 1.88. The van der Waals surface area contributed by atoms with E-state index in [-0.39, 0.29) is 11.7 Å². The molecule has 4 N–H and O–H groups in total. The van der Waals surface area contributed by atoms with Gasteiger partial charge in [0.15, 0.2) is 0 Å². The first-order valence-corrected chi connectivity index (χ1v) is 6.70. The normalized spacial score (nSPS) is 10.1. The number of nitrogens with two attached hydrogens (primary N) is 1. The number of anilines is 3. The highest BCUT2D eigenvalue weighted by atomic mass is 16.3. The van der Waals surface area contributed by atoms with E-state index in [0.29, 0.717) is 24.3 Å². The first-order valence-electron chi connectivity index (χ1n) is 6.70. The van der Waals surface area contributed by atoms with Crippen molar-refractivity contribution in [1.82, 2.24) is 0 Å². The van der Waals surface area contributed by atoms with E-state index < -0.39 is 0 Å². The lowest BCUT2D eigenvalue weighted by molar-refractivity contribution is -0.116. The van der Waals surface area contributed by atoms with Gasteiger partial charge in [0.1, 0.15) is 5.75 Å². The minimum Gasteiger partial charge on any atom is -0.508 e. The van der Waals surface area contributed by atoms with Gasteiger partial charge in [0.05, 0.1) is 0 Å². The Labute approximate surface area is 124 Å². The van der Waals surface area contributed by atoms with E-state index in [4.69, 9.17) is 5.73 Å². The third-order valence-corrected chi connectivity index (χ3v) is 3.12. The lowest BCUT2D eigenvalue weighted by atomic mass is 10.2. The SMILES string of the molecule is CN(CCC(=O)Nc1cccc(N)c1)c1cccc(O)c1. The van der Waals surface area contributed by atoms with Gasteiger partial charge in [-0.3, -0.25) is 4.79 Å². The molecule has 5 nitrogen and oxygen atoms in total. The molecule has 0 aliphatic heterocycles. The van der Waals surface area contributed by atoms with Gasteiger partial charge in [-0.05, 0) is 30.3 Å². The molecule has 5 heteroatoms. The first-order chi connectivity index (χ1) is 10.0. The summed E-state index contributed by atoms with van der Waals surface area (Å²) < 4.78 is 0. The van der Waals surface area contributed by atoms with Crippen molar-refractivity contribution in [2.45, 2.75) is 6.42 Å². The highest BCUT2D eigenvalue weighted by molar-refractivity contribution is 5.91. The van der Waals surface area contributed by atoms with Crippen LogP contribution in [0.25, 0.3) is 0 Å². The molecule has 2 rings (SSSR count). The Morgan fingerprint density at radius 1 is 1.24 bits per heavy atom. The lowest BCUT2D eigenvalue weighted by Gasteiger charge is -2.19. The highest BCUT2D eigenvalue weighted by Crippen LogP contribution is 2.19. The average Bonchev–Trinajstić information content (AvgIpc) is 2.45. The maximum atomic E-state index is 11.9. The number of carbonyl (C=O) groups excluding carboxylic acids is 1. The van der Waals surface area contributed by atoms with Crippen molar-refractivity contribution >= 4 is 23.0 Å². The van der Waals surface area contributed by atoms with E-state index in [1.807, 2.05) is 18.0 Å². The first kappa shape index (κ1) is 14.7. The topological polar surface area (TPSA) is 78.6 Å². The molecule has 110 valence electrons. The van der Waals surface area contributed by atoms with Crippen molar-refractivity contribution in [3.63, 3.8) is 0 Å². The molecule has 0 aliphatic rings. The molecule has 0 saturated carbocycles. The lowest BCUT2D eigenvalue weighted by Crippen LogP contribution is -2.23. The van der Waals surface area contributed by atoms with Crippen LogP contribution in [0.4, 0.5) is 17.1 Å². The third kappa shape index (κ3) is 4.42. The monoisotopic (exact) mass is 285 g/mol. The zero-order chi connectivity index (χ0) is 15.2. The number of phenols is 1. The molecule has 21 heavy (non-hydrogen) atoms. The number of rotatable bonds is 5. The van der Waals surface area contributed by atoms with Crippen LogP contribution in [-0.2, 0) is 4.79 Å². The molecule has 0 unspecified atom stereocenters. The Hall–Kier alpha value is -2.69. The second kappa shape index (κ2) is 6.65. The second-order valence-electron chi connectivity index (χ2n) is 4.87. The van der Waals surface area contributed by atoms with Gasteiger partial charge in [-0.25, -0.2) is 0 Å². The van der Waals surface area contributed by atoms with Crippen LogP contribution in [0.5, 0.6) is 5.75 Å². The molecule has 0 aliphatic carbocycles. The van der Waals surface area contributed by atoms with Crippen molar-refractivity contribution in [1.29, 1.82) is 0 Å². The summed E-state index contributed by atoms with van der Waals surface area (Å²) in [5.74, 6) is 0.135. The van der Waals surface area contributed by atoms with E-state index in [0.717, 1.165) is 5.69 Å². The molecule has 0 atom stereocenters. The van der Waals surface area contributed by atoms with Crippen LogP contribution in [0.3, 0.4) is 0 Å². The summed E-state index contributed by atoms with van der Waals surface area (Å²) >= 11 is 0. The van der Waals surface area contributed by atoms with Gasteiger partial charge in [0.2, 0.25) is 5.91 Å². The Balaban J connectivity index is 1.86. The van der Waals surface area contributed by atoms with Gasteiger partial charge in [0, 0.05) is 43.1 Å². The number of carbonyl (C=O) groups is 1. The minimum absolute atomic E-state index is 0.0763. The van der Waals surface area contributed by atoms with Crippen LogP contribution in [-0.4, -0.2) is 24.6 Å². The van der Waals surface area contributed by atoms with Crippen LogP contribution >= 0.6 is 0 Å². The Morgan fingerprint density at radius 3 is 2.71 bits per heavy atom. The summed E-state index contributed by atoms with van der Waals surface area (Å²) in [6.07, 6.45) is 0.348. The van der Waals surface area contributed by atoms with Crippen molar-refractivity contribution in [3.8, 4) is 5.75 Å². The van der Waals surface area contributed by atoms with E-state index >= 15 is 0 Å². The number of hydrogen-bond donors (Lipinski definition) is 3. The Morgan fingerprint density at radius 2 is 2.00 bits per heavy atom. The maximum absolute atomic E-state index is 11.9. The van der Waals surface area contributed by atoms with Crippen molar-refractivity contribution in [2.24, 2.45) is 0 Å². The van der Waals surface area contributed by atoms with Gasteiger partial charge in [-0.2, -0.15) is 0 Å². The number of aromatic hydroxyl groups is 1. The molecule has 0 bridgehead atoms. The smallest absolute Gasteiger partial charge is 0.226 e. The van der Waals surface area contributed by atoms with Crippen LogP contribution in [0.2, 0.25) is 0 Å². The van der Waals surface area contributed by atoms with Crippen molar-refractivity contribution < 1.29 is 9.90 Å². The van der Waals surface area contributed by atoms with E-state index in [1.54, 1.807) is 42.5 Å². The van der Waals surface area contributed by atoms with Crippen molar-refractivity contribution in [3.05, 3.63) is 48.5 Å². The fourth-order valence-electron chi connectivity index (χ4n) is 1.97. The Kier molecular flexibility index (Phi) is 4.66. The minimum atomic E-state index is -0.0763. The third-order valence-electron chi connectivity index (χ3n) is 3.12. The average molecular weight is 285 g/mol.